The van der Waals surface area contributed by atoms with Crippen LogP contribution in [0, 0.1) is 0 Å². The number of amides is 1. The Balaban J connectivity index is 1.25. The summed E-state index contributed by atoms with van der Waals surface area (Å²) < 4.78 is 2.32. The molecule has 0 unspecified atom stereocenters. The minimum atomic E-state index is 0.0707. The van der Waals surface area contributed by atoms with Gasteiger partial charge in [-0.05, 0) is 62.3 Å². The van der Waals surface area contributed by atoms with Gasteiger partial charge in [-0.25, -0.2) is 4.98 Å². The number of carbonyl (C=O) groups excluding carboxylic acids is 1. The monoisotopic (exact) mass is 375 g/mol. The van der Waals surface area contributed by atoms with E-state index >= 15 is 0 Å². The second kappa shape index (κ2) is 7.28. The summed E-state index contributed by atoms with van der Waals surface area (Å²) in [6.45, 7) is 5.25. The summed E-state index contributed by atoms with van der Waals surface area (Å²) in [6.07, 6.45) is 2.40. The summed E-state index contributed by atoms with van der Waals surface area (Å²) in [7, 11) is 0. The molecule has 3 aromatic rings. The van der Waals surface area contributed by atoms with Gasteiger partial charge in [0, 0.05) is 24.5 Å². The van der Waals surface area contributed by atoms with E-state index in [0.29, 0.717) is 6.54 Å². The number of hydrogen-bond acceptors (Lipinski definition) is 4. The first-order valence-electron chi connectivity index (χ1n) is 10.1. The first-order chi connectivity index (χ1) is 13.8. The molecule has 1 aromatic heterocycles. The van der Waals surface area contributed by atoms with Crippen LogP contribution >= 0.6 is 0 Å². The Morgan fingerprint density at radius 2 is 1.75 bits per heavy atom. The van der Waals surface area contributed by atoms with E-state index in [1.807, 2.05) is 18.2 Å². The fraction of sp³-hybridized carbons (Fsp3) is 0.364. The molecule has 1 N–H and O–H groups in total. The zero-order chi connectivity index (χ0) is 18.9. The van der Waals surface area contributed by atoms with E-state index in [9.17, 15) is 4.79 Å². The zero-order valence-electron chi connectivity index (χ0n) is 16.0. The third-order valence-corrected chi connectivity index (χ3v) is 5.74. The Labute approximate surface area is 164 Å². The van der Waals surface area contributed by atoms with Crippen molar-refractivity contribution in [3.05, 3.63) is 54.4 Å². The largest absolute Gasteiger partial charge is 0.362 e. The van der Waals surface area contributed by atoms with Crippen LogP contribution in [0.1, 0.15) is 18.7 Å². The van der Waals surface area contributed by atoms with E-state index in [4.69, 9.17) is 4.98 Å². The van der Waals surface area contributed by atoms with E-state index in [-0.39, 0.29) is 5.91 Å². The molecule has 1 amide bonds. The SMILES string of the molecule is O=C(CN1CCCC1)Nc1ccc(N2CCn3c(nc4ccccc43)C2)cc1. The molecular formula is C22H25N5O. The number of benzene rings is 2. The van der Waals surface area contributed by atoms with Crippen molar-refractivity contribution < 1.29 is 4.79 Å². The third kappa shape index (κ3) is 3.36. The van der Waals surface area contributed by atoms with E-state index in [0.717, 1.165) is 55.4 Å². The molecule has 0 radical (unpaired) electrons. The molecule has 5 rings (SSSR count). The standard InChI is InChI=1S/C22H25N5O/c28-22(16-25-11-3-4-12-25)23-17-7-9-18(10-8-17)26-13-14-27-20-6-2-1-5-19(20)24-21(27)15-26/h1-2,5-10H,3-4,11-16H2,(H,23,28). The second-order valence-electron chi connectivity index (χ2n) is 7.67. The Morgan fingerprint density at radius 1 is 0.964 bits per heavy atom. The Hall–Kier alpha value is -2.86. The highest BCUT2D eigenvalue weighted by atomic mass is 16.2. The minimum Gasteiger partial charge on any atom is -0.362 e. The molecule has 2 aliphatic heterocycles. The summed E-state index contributed by atoms with van der Waals surface area (Å²) in [5.41, 5.74) is 4.30. The van der Waals surface area contributed by atoms with Crippen LogP contribution in [0.2, 0.25) is 0 Å². The summed E-state index contributed by atoms with van der Waals surface area (Å²) in [5.74, 6) is 1.18. The molecule has 2 aliphatic rings. The molecule has 0 bridgehead atoms. The molecule has 0 saturated carbocycles. The lowest BCUT2D eigenvalue weighted by molar-refractivity contribution is -0.117. The van der Waals surface area contributed by atoms with Crippen LogP contribution in [0.25, 0.3) is 11.0 Å². The van der Waals surface area contributed by atoms with Gasteiger partial charge in [0.15, 0.2) is 0 Å². The highest BCUT2D eigenvalue weighted by Gasteiger charge is 2.20. The molecule has 6 heteroatoms. The number of fused-ring (bicyclic) bond motifs is 3. The number of carbonyl (C=O) groups is 1. The molecule has 144 valence electrons. The van der Waals surface area contributed by atoms with Gasteiger partial charge in [0.25, 0.3) is 0 Å². The van der Waals surface area contributed by atoms with Gasteiger partial charge >= 0.3 is 0 Å². The lowest BCUT2D eigenvalue weighted by Crippen LogP contribution is -2.33. The quantitative estimate of drug-likeness (QED) is 0.761. The number of nitrogens with zero attached hydrogens (tertiary/aromatic N) is 4. The van der Waals surface area contributed by atoms with Crippen molar-refractivity contribution in [3.8, 4) is 0 Å². The minimum absolute atomic E-state index is 0.0707. The molecule has 1 fully saturated rings. The van der Waals surface area contributed by atoms with E-state index in [1.54, 1.807) is 0 Å². The molecular weight excluding hydrogens is 350 g/mol. The third-order valence-electron chi connectivity index (χ3n) is 5.74. The highest BCUT2D eigenvalue weighted by Crippen LogP contribution is 2.25. The van der Waals surface area contributed by atoms with E-state index in [1.165, 1.54) is 18.4 Å². The van der Waals surface area contributed by atoms with Crippen molar-refractivity contribution in [1.82, 2.24) is 14.5 Å². The van der Waals surface area contributed by atoms with Crippen LogP contribution in [0.5, 0.6) is 0 Å². The molecule has 6 nitrogen and oxygen atoms in total. The van der Waals surface area contributed by atoms with Crippen LogP contribution < -0.4 is 10.2 Å². The Bertz CT molecular complexity index is 988. The van der Waals surface area contributed by atoms with Gasteiger partial charge in [-0.3, -0.25) is 9.69 Å². The van der Waals surface area contributed by atoms with Crippen molar-refractivity contribution >= 4 is 28.3 Å². The summed E-state index contributed by atoms with van der Waals surface area (Å²) in [4.78, 5) is 21.6. The first-order valence-corrected chi connectivity index (χ1v) is 10.1. The van der Waals surface area contributed by atoms with Crippen LogP contribution in [-0.4, -0.2) is 46.5 Å². The summed E-state index contributed by atoms with van der Waals surface area (Å²) >= 11 is 0. The summed E-state index contributed by atoms with van der Waals surface area (Å²) in [6, 6.07) is 16.5. The van der Waals surface area contributed by atoms with Crippen LogP contribution in [0.4, 0.5) is 11.4 Å². The maximum atomic E-state index is 12.2. The predicted molar refractivity (Wildman–Crippen MR) is 112 cm³/mol. The maximum Gasteiger partial charge on any atom is 0.238 e. The van der Waals surface area contributed by atoms with Gasteiger partial charge in [-0.1, -0.05) is 12.1 Å². The molecule has 2 aromatic carbocycles. The number of aromatic nitrogens is 2. The van der Waals surface area contributed by atoms with Gasteiger partial charge in [0.2, 0.25) is 5.91 Å². The van der Waals surface area contributed by atoms with Crippen molar-refractivity contribution in [2.45, 2.75) is 25.9 Å². The topological polar surface area (TPSA) is 53.4 Å². The molecule has 1 saturated heterocycles. The number of anilines is 2. The number of imidazole rings is 1. The van der Waals surface area contributed by atoms with Crippen LogP contribution in [-0.2, 0) is 17.9 Å². The van der Waals surface area contributed by atoms with E-state index in [2.05, 4.69) is 50.0 Å². The van der Waals surface area contributed by atoms with Gasteiger partial charge < -0.3 is 14.8 Å². The fourth-order valence-corrected chi connectivity index (χ4v) is 4.29. The highest BCUT2D eigenvalue weighted by molar-refractivity contribution is 5.92. The van der Waals surface area contributed by atoms with Crippen LogP contribution in [0.3, 0.4) is 0 Å². The first kappa shape index (κ1) is 17.3. The van der Waals surface area contributed by atoms with Crippen LogP contribution in [0.15, 0.2) is 48.5 Å². The van der Waals surface area contributed by atoms with Gasteiger partial charge in [-0.2, -0.15) is 0 Å². The molecule has 0 atom stereocenters. The second-order valence-corrected chi connectivity index (χ2v) is 7.67. The van der Waals surface area contributed by atoms with E-state index < -0.39 is 0 Å². The maximum absolute atomic E-state index is 12.2. The fourth-order valence-electron chi connectivity index (χ4n) is 4.29. The number of hydrogen-bond donors (Lipinski definition) is 1. The average molecular weight is 375 g/mol. The smallest absolute Gasteiger partial charge is 0.238 e. The number of likely N-dealkylation sites (tertiary alicyclic amines) is 1. The van der Waals surface area contributed by atoms with Crippen molar-refractivity contribution in [2.75, 3.05) is 36.4 Å². The predicted octanol–water partition coefficient (Wildman–Crippen LogP) is 3.09. The number of nitrogens with one attached hydrogen (secondary N) is 1. The van der Waals surface area contributed by atoms with Crippen molar-refractivity contribution in [3.63, 3.8) is 0 Å². The number of para-hydroxylation sites is 2. The molecule has 0 spiro atoms. The molecule has 0 aliphatic carbocycles. The van der Waals surface area contributed by atoms with Gasteiger partial charge in [0.05, 0.1) is 24.1 Å². The zero-order valence-corrected chi connectivity index (χ0v) is 16.0. The van der Waals surface area contributed by atoms with Gasteiger partial charge in [0.1, 0.15) is 5.82 Å². The van der Waals surface area contributed by atoms with Gasteiger partial charge in [-0.15, -0.1) is 0 Å². The Kier molecular flexibility index (Phi) is 4.49. The summed E-state index contributed by atoms with van der Waals surface area (Å²) in [5, 5.41) is 3.02. The number of rotatable bonds is 4. The normalized spacial score (nSPS) is 17.1. The van der Waals surface area contributed by atoms with Crippen molar-refractivity contribution in [2.24, 2.45) is 0 Å². The molecule has 28 heavy (non-hydrogen) atoms. The lowest BCUT2D eigenvalue weighted by atomic mass is 10.2. The molecule has 3 heterocycles. The lowest BCUT2D eigenvalue weighted by Gasteiger charge is -2.30. The average Bonchev–Trinajstić information content (AvgIpc) is 3.35. The Morgan fingerprint density at radius 3 is 2.57 bits per heavy atom. The van der Waals surface area contributed by atoms with Crippen molar-refractivity contribution in [1.29, 1.82) is 0 Å².